The summed E-state index contributed by atoms with van der Waals surface area (Å²) in [5, 5.41) is 0. The van der Waals surface area contributed by atoms with Gasteiger partial charge in [-0.05, 0) is 81.6 Å². The molecule has 10 aromatic carbocycles. The summed E-state index contributed by atoms with van der Waals surface area (Å²) < 4.78 is 104. The first kappa shape index (κ1) is 82.4. The van der Waals surface area contributed by atoms with Crippen molar-refractivity contribution in [2.45, 2.75) is 192 Å². The molecule has 113 heavy (non-hydrogen) atoms. The summed E-state index contributed by atoms with van der Waals surface area (Å²) in [6, 6.07) is 88.6. The first-order valence-corrected chi connectivity index (χ1v) is 39.9. The lowest BCUT2D eigenvalue weighted by molar-refractivity contribution is -0.393. The molecule has 2 aliphatic heterocycles. The second-order valence-corrected chi connectivity index (χ2v) is 28.4. The fraction of sp³-hybridized carbons (Fsp3) is 0.354. The van der Waals surface area contributed by atoms with Gasteiger partial charge in [-0.15, -0.1) is 0 Å². The topological polar surface area (TPSA) is 173 Å². The van der Waals surface area contributed by atoms with E-state index in [4.69, 9.17) is 71.1 Å². The number of esters is 2. The van der Waals surface area contributed by atoms with Crippen molar-refractivity contribution in [3.8, 4) is 23.0 Å². The van der Waals surface area contributed by atoms with E-state index in [9.17, 15) is 0 Å². The van der Waals surface area contributed by atoms with Gasteiger partial charge in [0.2, 0.25) is 0 Å². The van der Waals surface area contributed by atoms with E-state index in [1.807, 2.05) is 243 Å². The van der Waals surface area contributed by atoms with Crippen molar-refractivity contribution < 1.29 is 80.6 Å². The molecule has 2 saturated heterocycles. The van der Waals surface area contributed by atoms with E-state index >= 15 is 9.59 Å². The van der Waals surface area contributed by atoms with Crippen molar-refractivity contribution in [3.63, 3.8) is 0 Å². The van der Waals surface area contributed by atoms with Gasteiger partial charge in [0.05, 0.1) is 52.9 Å². The van der Waals surface area contributed by atoms with Gasteiger partial charge < -0.3 is 71.1 Å². The van der Waals surface area contributed by atoms with Crippen LogP contribution in [0.15, 0.2) is 279 Å². The van der Waals surface area contributed by atoms with Gasteiger partial charge in [-0.2, -0.15) is 0 Å². The molecule has 0 bridgehead atoms. The van der Waals surface area contributed by atoms with Gasteiger partial charge in [-0.3, -0.25) is 0 Å². The Morgan fingerprint density at radius 1 is 0.283 bits per heavy atom. The molecule has 10 aromatic rings. The van der Waals surface area contributed by atoms with E-state index in [2.05, 4.69) is 13.8 Å². The van der Waals surface area contributed by atoms with E-state index in [0.717, 1.165) is 109 Å². The molecule has 2 fully saturated rings. The smallest absolute Gasteiger partial charge is 0.342 e. The van der Waals surface area contributed by atoms with Crippen LogP contribution in [-0.4, -0.2) is 99.8 Å². The second kappa shape index (κ2) is 45.6. The van der Waals surface area contributed by atoms with Gasteiger partial charge in [0.1, 0.15) is 109 Å². The molecule has 17 nitrogen and oxygen atoms in total. The Kier molecular flexibility index (Phi) is 33.3. The number of unbranched alkanes of at least 4 members (excludes halogenated alkanes) is 8. The van der Waals surface area contributed by atoms with Crippen molar-refractivity contribution in [1.82, 2.24) is 0 Å². The molecule has 2 aliphatic rings. The highest BCUT2D eigenvalue weighted by Crippen LogP contribution is 2.39. The highest BCUT2D eigenvalue weighted by Gasteiger charge is 2.55. The molecule has 10 atom stereocenters. The molecule has 10 unspecified atom stereocenters. The number of hydrogen-bond donors (Lipinski definition) is 0. The molecule has 0 saturated carbocycles. The van der Waals surface area contributed by atoms with Crippen LogP contribution < -0.4 is 18.9 Å². The average Bonchev–Trinajstić information content (AvgIpc) is 0.764. The van der Waals surface area contributed by atoms with Crippen LogP contribution >= 0.6 is 0 Å². The third kappa shape index (κ3) is 26.0. The molecular weight excluding hydrogens is 1430 g/mol. The number of ether oxygens (including phenoxy) is 15. The second-order valence-electron chi connectivity index (χ2n) is 28.4. The molecular formula is C96H106O17. The van der Waals surface area contributed by atoms with Crippen LogP contribution in [0.1, 0.15) is 143 Å². The first-order chi connectivity index (χ1) is 55.8. The third-order valence-corrected chi connectivity index (χ3v) is 19.8. The highest BCUT2D eigenvalue weighted by molar-refractivity contribution is 5.93. The number of hydrogen-bond acceptors (Lipinski definition) is 17. The summed E-state index contributed by atoms with van der Waals surface area (Å²) in [6.45, 7) is 5.47. The van der Waals surface area contributed by atoms with Gasteiger partial charge in [0, 0.05) is 12.1 Å². The lowest BCUT2D eigenvalue weighted by Crippen LogP contribution is -2.66. The molecule has 0 radical (unpaired) electrons. The number of carbonyl (C=O) groups excluding carboxylic acids is 2. The molecule has 0 spiro atoms. The minimum Gasteiger partial charge on any atom is -0.493 e. The normalized spacial score (nSPS) is 19.4. The minimum absolute atomic E-state index is 0.0642. The van der Waals surface area contributed by atoms with E-state index in [1.165, 1.54) is 0 Å². The Hall–Kier alpha value is -10.0. The lowest BCUT2D eigenvalue weighted by atomic mass is 9.96. The fourth-order valence-corrected chi connectivity index (χ4v) is 13.6. The predicted molar refractivity (Wildman–Crippen MR) is 432 cm³/mol. The fourth-order valence-electron chi connectivity index (χ4n) is 13.6. The molecule has 0 amide bonds. The Labute approximate surface area is 665 Å². The van der Waals surface area contributed by atoms with Gasteiger partial charge in [-0.1, -0.05) is 308 Å². The van der Waals surface area contributed by atoms with E-state index in [1.54, 1.807) is 36.4 Å². The largest absolute Gasteiger partial charge is 0.493 e. The molecule has 0 aromatic heterocycles. The standard InChI is InChI=1S/C96H106O17/c1-3-5-7-9-35-57-99-79-53-55-81(83(59-79)101-61-71-37-19-11-20-38-71)93(97)109-69-85-87(103-63-73-41-23-13-24-42-73)89(105-65-75-45-27-15-28-46-75)91(107-67-77-49-31-17-32-50-77)95(111-85)113-96-92(108-68-78-51-33-18-34-52-78)90(106-66-76-47-29-16-30-48-76)88(104-64-74-43-25-14-26-44-74)86(112-96)70-110-94(98)82-56-54-80(100-58-36-10-8-6-4-2)60-84(82)102-62-72-39-21-12-22-40-72/h11-34,37-56,59-60,85-92,95-96H,3-10,35-36,57-58,61-70H2,1-2H3. The van der Waals surface area contributed by atoms with Crippen LogP contribution in [0.4, 0.5) is 0 Å². The van der Waals surface area contributed by atoms with Crippen molar-refractivity contribution >= 4 is 11.9 Å². The van der Waals surface area contributed by atoms with Crippen molar-refractivity contribution in [1.29, 1.82) is 0 Å². The Morgan fingerprint density at radius 3 is 0.841 bits per heavy atom. The van der Waals surface area contributed by atoms with Gasteiger partial charge in [-0.25, -0.2) is 9.59 Å². The zero-order valence-corrected chi connectivity index (χ0v) is 64.8. The van der Waals surface area contributed by atoms with Gasteiger partial charge >= 0.3 is 11.9 Å². The van der Waals surface area contributed by atoms with Gasteiger partial charge in [0.25, 0.3) is 0 Å². The third-order valence-electron chi connectivity index (χ3n) is 19.8. The van der Waals surface area contributed by atoms with Crippen LogP contribution in [0.2, 0.25) is 0 Å². The van der Waals surface area contributed by atoms with Crippen molar-refractivity contribution in [2.75, 3.05) is 26.4 Å². The molecule has 17 heteroatoms. The zero-order valence-electron chi connectivity index (χ0n) is 64.8. The van der Waals surface area contributed by atoms with Crippen LogP contribution in [0.3, 0.4) is 0 Å². The molecule has 0 aliphatic carbocycles. The van der Waals surface area contributed by atoms with Crippen molar-refractivity contribution in [3.05, 3.63) is 335 Å². The van der Waals surface area contributed by atoms with Crippen LogP contribution in [0, 0.1) is 0 Å². The minimum atomic E-state index is -1.45. The summed E-state index contributed by atoms with van der Waals surface area (Å²) in [5.74, 6) is 0.277. The highest BCUT2D eigenvalue weighted by atomic mass is 16.8. The monoisotopic (exact) mass is 1530 g/mol. The maximum absolute atomic E-state index is 15.2. The van der Waals surface area contributed by atoms with Crippen LogP contribution in [0.25, 0.3) is 0 Å². The molecule has 12 rings (SSSR count). The zero-order chi connectivity index (χ0) is 77.7. The Morgan fingerprint density at radius 2 is 0.549 bits per heavy atom. The summed E-state index contributed by atoms with van der Waals surface area (Å²) in [7, 11) is 0. The SMILES string of the molecule is CCCCCCCOc1ccc(C(=O)OCC2OC(OC3OC(COC(=O)c4ccc(OCCCCCCC)cc4OCc4ccccc4)C(OCc4ccccc4)C(OCc4ccccc4)C3OCc3ccccc3)C(OCc3ccccc3)C(OCc3ccccc3)C2OCc2ccccc2)c(OCc2ccccc2)c1. The van der Waals surface area contributed by atoms with E-state index in [0.29, 0.717) is 24.7 Å². The lowest BCUT2D eigenvalue weighted by Gasteiger charge is -2.49. The van der Waals surface area contributed by atoms with Crippen LogP contribution in [-0.2, 0) is 105 Å². The van der Waals surface area contributed by atoms with E-state index in [-0.39, 0.29) is 88.7 Å². The summed E-state index contributed by atoms with van der Waals surface area (Å²) in [4.78, 5) is 30.4. The summed E-state index contributed by atoms with van der Waals surface area (Å²) in [5.41, 5.74) is 7.30. The van der Waals surface area contributed by atoms with Crippen LogP contribution in [0.5, 0.6) is 23.0 Å². The Bertz CT molecular complexity index is 4040. The molecule has 0 N–H and O–H groups in total. The van der Waals surface area contributed by atoms with E-state index < -0.39 is 73.4 Å². The maximum atomic E-state index is 15.2. The number of carbonyl (C=O) groups is 2. The summed E-state index contributed by atoms with van der Waals surface area (Å²) in [6.07, 6.45) is -0.880. The number of rotatable bonds is 46. The summed E-state index contributed by atoms with van der Waals surface area (Å²) >= 11 is 0. The Balaban J connectivity index is 0.934. The average molecular weight is 1530 g/mol. The molecule has 2 heterocycles. The van der Waals surface area contributed by atoms with Crippen molar-refractivity contribution in [2.24, 2.45) is 0 Å². The predicted octanol–water partition coefficient (Wildman–Crippen LogP) is 19.5. The first-order valence-electron chi connectivity index (χ1n) is 39.9. The maximum Gasteiger partial charge on any atom is 0.342 e. The molecule has 592 valence electrons. The quantitative estimate of drug-likeness (QED) is 0.0260. The number of benzene rings is 10. The van der Waals surface area contributed by atoms with Gasteiger partial charge in [0.15, 0.2) is 12.6 Å².